The number of benzene rings is 3. The monoisotopic (exact) mass is 396 g/mol. The number of pyridine rings is 1. The Hall–Kier alpha value is -3.44. The van der Waals surface area contributed by atoms with Crippen LogP contribution in [0.1, 0.15) is 5.56 Å². The smallest absolute Gasteiger partial charge is 0.231 e. The first kappa shape index (κ1) is 16.5. The van der Waals surface area contributed by atoms with Crippen LogP contribution in [0.2, 0.25) is 0 Å². The van der Waals surface area contributed by atoms with Gasteiger partial charge in [0, 0.05) is 22.6 Å². The number of ether oxygens (including phenoxy) is 2. The molecule has 1 aliphatic rings. The van der Waals surface area contributed by atoms with Gasteiger partial charge in [-0.05, 0) is 30.7 Å². The van der Waals surface area contributed by atoms with Crippen molar-refractivity contribution in [2.75, 3.05) is 6.79 Å². The Kier molecular flexibility index (Phi) is 3.58. The summed E-state index contributed by atoms with van der Waals surface area (Å²) in [4.78, 5) is 9.99. The van der Waals surface area contributed by atoms with Crippen LogP contribution in [0.3, 0.4) is 0 Å². The van der Waals surface area contributed by atoms with Crippen LogP contribution in [0.15, 0.2) is 66.7 Å². The van der Waals surface area contributed by atoms with E-state index in [1.54, 1.807) is 11.3 Å². The second kappa shape index (κ2) is 6.29. The third-order valence-electron chi connectivity index (χ3n) is 5.29. The van der Waals surface area contributed by atoms with Crippen LogP contribution in [0.4, 0.5) is 0 Å². The topological polar surface area (TPSA) is 44.2 Å². The molecule has 29 heavy (non-hydrogen) atoms. The highest BCUT2D eigenvalue weighted by molar-refractivity contribution is 7.21. The average Bonchev–Trinajstić information content (AvgIpc) is 3.39. The minimum atomic E-state index is 0.251. The Morgan fingerprint density at radius 1 is 0.828 bits per heavy atom. The van der Waals surface area contributed by atoms with Crippen molar-refractivity contribution in [3.8, 4) is 33.3 Å². The number of nitrogens with zero attached hydrogens (tertiary/aromatic N) is 2. The third-order valence-corrected chi connectivity index (χ3v) is 6.35. The van der Waals surface area contributed by atoms with Crippen LogP contribution in [0.25, 0.3) is 42.9 Å². The number of hydrogen-bond donors (Lipinski definition) is 0. The first-order valence-electron chi connectivity index (χ1n) is 9.43. The van der Waals surface area contributed by atoms with E-state index in [4.69, 9.17) is 19.4 Å². The summed E-state index contributed by atoms with van der Waals surface area (Å²) in [6.07, 6.45) is 0. The fourth-order valence-corrected chi connectivity index (χ4v) is 4.93. The second-order valence-electron chi connectivity index (χ2n) is 7.04. The molecule has 0 saturated carbocycles. The van der Waals surface area contributed by atoms with Gasteiger partial charge < -0.3 is 9.47 Å². The normalized spacial score (nSPS) is 12.7. The summed E-state index contributed by atoms with van der Waals surface area (Å²) in [5.41, 5.74) is 6.14. The second-order valence-corrected chi connectivity index (χ2v) is 8.07. The van der Waals surface area contributed by atoms with Gasteiger partial charge in [-0.2, -0.15) is 0 Å². The molecular formula is C24H16N2O2S. The number of rotatable bonds is 2. The van der Waals surface area contributed by atoms with Crippen LogP contribution in [-0.4, -0.2) is 16.8 Å². The molecule has 3 heterocycles. The molecule has 0 amide bonds. The van der Waals surface area contributed by atoms with Gasteiger partial charge in [0.2, 0.25) is 6.79 Å². The van der Waals surface area contributed by atoms with E-state index in [0.29, 0.717) is 0 Å². The van der Waals surface area contributed by atoms with Crippen molar-refractivity contribution in [3.05, 3.63) is 72.3 Å². The van der Waals surface area contributed by atoms with Gasteiger partial charge >= 0.3 is 0 Å². The lowest BCUT2D eigenvalue weighted by Crippen LogP contribution is -1.95. The summed E-state index contributed by atoms with van der Waals surface area (Å²) in [5, 5.41) is 2.04. The molecule has 0 saturated heterocycles. The lowest BCUT2D eigenvalue weighted by Gasteiger charge is -2.14. The van der Waals surface area contributed by atoms with Crippen LogP contribution in [0, 0.1) is 6.92 Å². The first-order valence-corrected chi connectivity index (χ1v) is 10.2. The van der Waals surface area contributed by atoms with Crippen LogP contribution in [0.5, 0.6) is 11.5 Å². The van der Waals surface area contributed by atoms with Gasteiger partial charge in [0.1, 0.15) is 5.01 Å². The fourth-order valence-electron chi connectivity index (χ4n) is 3.86. The van der Waals surface area contributed by atoms with E-state index < -0.39 is 0 Å². The molecule has 2 aromatic heterocycles. The highest BCUT2D eigenvalue weighted by atomic mass is 32.1. The van der Waals surface area contributed by atoms with E-state index in [9.17, 15) is 0 Å². The van der Waals surface area contributed by atoms with Crippen molar-refractivity contribution < 1.29 is 9.47 Å². The van der Waals surface area contributed by atoms with E-state index in [1.165, 1.54) is 4.70 Å². The summed E-state index contributed by atoms with van der Waals surface area (Å²) in [5.74, 6) is 1.52. The summed E-state index contributed by atoms with van der Waals surface area (Å²) >= 11 is 1.70. The van der Waals surface area contributed by atoms with E-state index in [1.807, 2.05) is 36.4 Å². The molecular weight excluding hydrogens is 380 g/mol. The molecule has 0 unspecified atom stereocenters. The average molecular weight is 396 g/mol. The van der Waals surface area contributed by atoms with Gasteiger partial charge in [-0.1, -0.05) is 42.5 Å². The molecule has 1 aliphatic heterocycles. The molecule has 0 aliphatic carbocycles. The molecule has 0 spiro atoms. The Morgan fingerprint density at radius 2 is 1.59 bits per heavy atom. The minimum absolute atomic E-state index is 0.251. The first-order chi connectivity index (χ1) is 14.3. The van der Waals surface area contributed by atoms with Crippen molar-refractivity contribution in [2.45, 2.75) is 6.92 Å². The highest BCUT2D eigenvalue weighted by Crippen LogP contribution is 2.43. The van der Waals surface area contributed by atoms with Gasteiger partial charge in [-0.15, -0.1) is 11.3 Å². The minimum Gasteiger partial charge on any atom is -0.454 e. The molecule has 0 radical (unpaired) electrons. The molecule has 4 nitrogen and oxygen atoms in total. The third kappa shape index (κ3) is 2.58. The number of aromatic nitrogens is 2. The van der Waals surface area contributed by atoms with Crippen LogP contribution in [-0.2, 0) is 0 Å². The molecule has 3 aromatic carbocycles. The molecule has 0 fully saturated rings. The lowest BCUT2D eigenvalue weighted by molar-refractivity contribution is 0.174. The number of hydrogen-bond acceptors (Lipinski definition) is 5. The Bertz CT molecular complexity index is 1360. The van der Waals surface area contributed by atoms with Gasteiger partial charge in [-0.25, -0.2) is 9.97 Å². The van der Waals surface area contributed by atoms with Gasteiger partial charge in [0.05, 0.1) is 21.4 Å². The number of aryl methyl sites for hydroxylation is 1. The SMILES string of the molecule is Cc1c(-c2nc3ccccc3s2)c(-c2ccccc2)nc2cc3c(cc12)OCO3. The lowest BCUT2D eigenvalue weighted by atomic mass is 9.97. The van der Waals surface area contributed by atoms with Crippen molar-refractivity contribution in [1.82, 2.24) is 9.97 Å². The van der Waals surface area contributed by atoms with Gasteiger partial charge in [-0.3, -0.25) is 0 Å². The molecule has 140 valence electrons. The number of thiazole rings is 1. The van der Waals surface area contributed by atoms with E-state index in [0.717, 1.165) is 55.3 Å². The maximum absolute atomic E-state index is 5.61. The predicted molar refractivity (Wildman–Crippen MR) is 117 cm³/mol. The maximum atomic E-state index is 5.61. The van der Waals surface area contributed by atoms with E-state index in [-0.39, 0.29) is 6.79 Å². The molecule has 5 aromatic rings. The van der Waals surface area contributed by atoms with Gasteiger partial charge in [0.25, 0.3) is 0 Å². The summed E-state index contributed by atoms with van der Waals surface area (Å²) < 4.78 is 12.4. The Balaban J connectivity index is 1.70. The predicted octanol–water partition coefficient (Wildman–Crippen LogP) is 6.22. The quantitative estimate of drug-likeness (QED) is 0.355. The fraction of sp³-hybridized carbons (Fsp3) is 0.0833. The Labute approximate surface area is 171 Å². The zero-order valence-corrected chi connectivity index (χ0v) is 16.5. The zero-order chi connectivity index (χ0) is 19.4. The van der Waals surface area contributed by atoms with Crippen molar-refractivity contribution in [2.24, 2.45) is 0 Å². The van der Waals surface area contributed by atoms with Crippen molar-refractivity contribution >= 4 is 32.5 Å². The summed E-state index contributed by atoms with van der Waals surface area (Å²) in [6.45, 7) is 2.39. The molecule has 0 atom stereocenters. The zero-order valence-electron chi connectivity index (χ0n) is 15.7. The Morgan fingerprint density at radius 3 is 2.41 bits per heavy atom. The number of fused-ring (bicyclic) bond motifs is 3. The molecule has 0 bridgehead atoms. The standard InChI is InChI=1S/C24H16N2O2S/c1-14-16-11-19-20(28-13-27-19)12-18(16)25-23(15-7-3-2-4-8-15)22(14)24-26-17-9-5-6-10-21(17)29-24/h2-12H,13H2,1H3. The summed E-state index contributed by atoms with van der Waals surface area (Å²) in [7, 11) is 0. The van der Waals surface area contributed by atoms with Crippen molar-refractivity contribution in [1.29, 1.82) is 0 Å². The van der Waals surface area contributed by atoms with Crippen LogP contribution >= 0.6 is 11.3 Å². The number of para-hydroxylation sites is 1. The maximum Gasteiger partial charge on any atom is 0.231 e. The van der Waals surface area contributed by atoms with Crippen molar-refractivity contribution in [3.63, 3.8) is 0 Å². The highest BCUT2D eigenvalue weighted by Gasteiger charge is 2.22. The van der Waals surface area contributed by atoms with Gasteiger partial charge in [0.15, 0.2) is 11.5 Å². The molecule has 6 rings (SSSR count). The molecule has 0 N–H and O–H groups in total. The largest absolute Gasteiger partial charge is 0.454 e. The summed E-state index contributed by atoms with van der Waals surface area (Å²) in [6, 6.07) is 22.5. The molecule has 5 heteroatoms. The van der Waals surface area contributed by atoms with E-state index in [2.05, 4.69) is 37.3 Å². The van der Waals surface area contributed by atoms with Crippen LogP contribution < -0.4 is 9.47 Å². The van der Waals surface area contributed by atoms with E-state index >= 15 is 0 Å².